The zero-order chi connectivity index (χ0) is 29.9. The Morgan fingerprint density at radius 1 is 1.12 bits per heavy atom. The number of amides is 1. The van der Waals surface area contributed by atoms with Gasteiger partial charge in [-0.25, -0.2) is 9.78 Å². The third kappa shape index (κ3) is 6.07. The van der Waals surface area contributed by atoms with Gasteiger partial charge < -0.3 is 19.9 Å². The Kier molecular flexibility index (Phi) is 9.25. The molecule has 42 heavy (non-hydrogen) atoms. The predicted octanol–water partition coefficient (Wildman–Crippen LogP) is 5.98. The van der Waals surface area contributed by atoms with Crippen LogP contribution in [-0.4, -0.2) is 44.8 Å². The second-order valence-electron chi connectivity index (χ2n) is 10.4. The van der Waals surface area contributed by atoms with E-state index < -0.39 is 23.3 Å². The molecule has 2 aromatic heterocycles. The van der Waals surface area contributed by atoms with Crippen molar-refractivity contribution < 1.29 is 19.1 Å². The second kappa shape index (κ2) is 12.9. The molecular formula is C30H31Cl2N5O4S. The number of imidazole rings is 1. The van der Waals surface area contributed by atoms with Crippen LogP contribution in [0.4, 0.5) is 5.69 Å². The van der Waals surface area contributed by atoms with Crippen molar-refractivity contribution in [2.75, 3.05) is 11.9 Å². The molecule has 2 aliphatic rings. The fourth-order valence-corrected chi connectivity index (χ4v) is 7.15. The average Bonchev–Trinajstić information content (AvgIpc) is 3.39. The van der Waals surface area contributed by atoms with E-state index in [1.807, 2.05) is 29.9 Å². The summed E-state index contributed by atoms with van der Waals surface area (Å²) < 4.78 is 7.31. The number of esters is 1. The molecule has 2 heterocycles. The summed E-state index contributed by atoms with van der Waals surface area (Å²) in [5.41, 5.74) is 1.74. The van der Waals surface area contributed by atoms with E-state index in [1.54, 1.807) is 25.3 Å². The third-order valence-corrected chi connectivity index (χ3v) is 9.39. The summed E-state index contributed by atoms with van der Waals surface area (Å²) in [5, 5.41) is 7.27. The van der Waals surface area contributed by atoms with E-state index in [0.717, 1.165) is 43.4 Å². The number of carbonyl (C=O) groups excluding carboxylic acids is 3. The van der Waals surface area contributed by atoms with Crippen LogP contribution in [0.5, 0.6) is 0 Å². The van der Waals surface area contributed by atoms with Crippen molar-refractivity contribution in [3.05, 3.63) is 80.8 Å². The van der Waals surface area contributed by atoms with E-state index in [2.05, 4.69) is 20.6 Å². The average molecular weight is 629 g/mol. The number of aromatic nitrogens is 3. The first kappa shape index (κ1) is 30.1. The molecule has 1 amide bonds. The molecule has 0 aliphatic heterocycles. The Hall–Kier alpha value is -3.34. The van der Waals surface area contributed by atoms with Crippen LogP contribution < -0.4 is 10.6 Å². The molecule has 12 heteroatoms. The van der Waals surface area contributed by atoms with Crippen LogP contribution >= 0.6 is 35.0 Å². The summed E-state index contributed by atoms with van der Waals surface area (Å²) in [6, 6.07) is 6.45. The number of allylic oxidation sites excluding steroid dienone is 2. The normalized spacial score (nSPS) is 16.6. The van der Waals surface area contributed by atoms with Gasteiger partial charge in [-0.3, -0.25) is 14.6 Å². The highest BCUT2D eigenvalue weighted by Gasteiger charge is 2.55. The maximum Gasteiger partial charge on any atom is 0.328 e. The number of nitrogens with one attached hydrogen (secondary N) is 2. The van der Waals surface area contributed by atoms with Crippen molar-refractivity contribution in [1.82, 2.24) is 19.9 Å². The number of thioether (sulfide) groups is 1. The summed E-state index contributed by atoms with van der Waals surface area (Å²) >= 11 is 13.6. The lowest BCUT2D eigenvalue weighted by atomic mass is 9.62. The van der Waals surface area contributed by atoms with Crippen LogP contribution in [0.25, 0.3) is 0 Å². The number of halogens is 2. The summed E-state index contributed by atoms with van der Waals surface area (Å²) in [5.74, 6) is -0.728. The maximum atomic E-state index is 13.6. The van der Waals surface area contributed by atoms with Gasteiger partial charge in [0.25, 0.3) is 5.91 Å². The highest BCUT2D eigenvalue weighted by atomic mass is 35.5. The zero-order valence-corrected chi connectivity index (χ0v) is 25.6. The molecule has 1 fully saturated rings. The first-order valence-electron chi connectivity index (χ1n) is 13.8. The number of rotatable bonds is 10. The number of carbonyl (C=O) groups is 3. The fraction of sp³-hybridized carbons (Fsp3) is 0.367. The standard InChI is InChI=1S/C30H31Cl2N5O4S/c1-3-41-28(40)22(15-18-7-9-19(10-8-18)35-27(39)23-20(31)16-33-17-21(23)32)36-25-24(42-29-34-13-14-37(29)2)26(38)30(25)11-5-4-6-12-30/h7-10,13-14,16-17,22,36H,3-6,11-12,15H2,1-2H3,(H,35,39)/t22-/m0/s1. The minimum atomic E-state index is -0.710. The number of pyridine rings is 1. The Labute approximate surface area is 258 Å². The molecule has 3 aromatic rings. The second-order valence-corrected chi connectivity index (χ2v) is 12.2. The number of hydrogen-bond acceptors (Lipinski definition) is 8. The van der Waals surface area contributed by atoms with Gasteiger partial charge in [0, 0.05) is 49.6 Å². The molecule has 2 N–H and O–H groups in total. The molecule has 0 saturated heterocycles. The van der Waals surface area contributed by atoms with Crippen molar-refractivity contribution in [1.29, 1.82) is 0 Å². The highest BCUT2D eigenvalue weighted by Crippen LogP contribution is 2.55. The molecular weight excluding hydrogens is 597 g/mol. The number of ether oxygens (including phenoxy) is 1. The van der Waals surface area contributed by atoms with Gasteiger partial charge in [-0.2, -0.15) is 0 Å². The third-order valence-electron chi connectivity index (χ3n) is 7.65. The molecule has 1 aromatic carbocycles. The number of hydrogen-bond donors (Lipinski definition) is 2. The SMILES string of the molecule is CCOC(=O)[C@H](Cc1ccc(NC(=O)c2c(Cl)cncc2Cl)cc1)NC1=C(Sc2nccn2C)C(=O)C12CCCCC2. The van der Waals surface area contributed by atoms with Crippen molar-refractivity contribution >= 4 is 58.3 Å². The van der Waals surface area contributed by atoms with Crippen LogP contribution in [-0.2, 0) is 27.8 Å². The lowest BCUT2D eigenvalue weighted by molar-refractivity contribution is -0.146. The van der Waals surface area contributed by atoms with Gasteiger partial charge in [0.2, 0.25) is 0 Å². The number of nitrogens with zero attached hydrogens (tertiary/aromatic N) is 3. The van der Waals surface area contributed by atoms with Gasteiger partial charge in [-0.15, -0.1) is 0 Å². The summed E-state index contributed by atoms with van der Waals surface area (Å²) in [6.07, 6.45) is 11.1. The molecule has 5 rings (SSSR count). The molecule has 1 saturated carbocycles. The Bertz CT molecular complexity index is 1510. The van der Waals surface area contributed by atoms with Crippen molar-refractivity contribution in [2.45, 2.75) is 56.6 Å². The molecule has 1 atom stereocenters. The molecule has 0 bridgehead atoms. The number of anilines is 1. The van der Waals surface area contributed by atoms with Gasteiger partial charge in [0.1, 0.15) is 6.04 Å². The van der Waals surface area contributed by atoms with Crippen LogP contribution in [0.15, 0.2) is 64.8 Å². The van der Waals surface area contributed by atoms with Gasteiger partial charge in [-0.05, 0) is 49.2 Å². The fourth-order valence-electron chi connectivity index (χ4n) is 5.47. The molecule has 0 radical (unpaired) electrons. The van der Waals surface area contributed by atoms with Gasteiger partial charge in [0.05, 0.1) is 32.5 Å². The number of aryl methyl sites for hydroxylation is 1. The van der Waals surface area contributed by atoms with E-state index >= 15 is 0 Å². The number of benzene rings is 1. The van der Waals surface area contributed by atoms with Gasteiger partial charge in [-0.1, -0.05) is 54.6 Å². The zero-order valence-electron chi connectivity index (χ0n) is 23.3. The van der Waals surface area contributed by atoms with Crippen molar-refractivity contribution in [2.24, 2.45) is 12.5 Å². The molecule has 220 valence electrons. The monoisotopic (exact) mass is 627 g/mol. The van der Waals surface area contributed by atoms with E-state index in [1.165, 1.54) is 24.2 Å². The molecule has 9 nitrogen and oxygen atoms in total. The maximum absolute atomic E-state index is 13.6. The lowest BCUT2D eigenvalue weighted by Crippen LogP contribution is -2.54. The molecule has 2 aliphatic carbocycles. The van der Waals surface area contributed by atoms with Crippen molar-refractivity contribution in [3.63, 3.8) is 0 Å². The number of ketones is 1. The largest absolute Gasteiger partial charge is 0.464 e. The smallest absolute Gasteiger partial charge is 0.328 e. The first-order chi connectivity index (χ1) is 20.2. The van der Waals surface area contributed by atoms with E-state index in [0.29, 0.717) is 22.2 Å². The first-order valence-corrected chi connectivity index (χ1v) is 15.4. The lowest BCUT2D eigenvalue weighted by Gasteiger charge is -2.47. The molecule has 0 unspecified atom stereocenters. The highest BCUT2D eigenvalue weighted by molar-refractivity contribution is 8.04. The minimum Gasteiger partial charge on any atom is -0.464 e. The summed E-state index contributed by atoms with van der Waals surface area (Å²) in [7, 11) is 1.89. The van der Waals surface area contributed by atoms with E-state index in [4.69, 9.17) is 27.9 Å². The van der Waals surface area contributed by atoms with Crippen LogP contribution in [0.1, 0.15) is 54.9 Å². The molecule has 1 spiro atoms. The van der Waals surface area contributed by atoms with E-state index in [-0.39, 0.29) is 28.0 Å². The summed E-state index contributed by atoms with van der Waals surface area (Å²) in [6.45, 7) is 2.00. The van der Waals surface area contributed by atoms with Crippen LogP contribution in [0.3, 0.4) is 0 Å². The van der Waals surface area contributed by atoms with Crippen LogP contribution in [0, 0.1) is 5.41 Å². The van der Waals surface area contributed by atoms with Crippen molar-refractivity contribution in [3.8, 4) is 0 Å². The Balaban J connectivity index is 1.37. The van der Waals surface area contributed by atoms with Gasteiger partial charge in [0.15, 0.2) is 10.9 Å². The quantitative estimate of drug-likeness (QED) is 0.264. The predicted molar refractivity (Wildman–Crippen MR) is 163 cm³/mol. The van der Waals surface area contributed by atoms with Crippen LogP contribution in [0.2, 0.25) is 10.0 Å². The Morgan fingerprint density at radius 3 is 2.43 bits per heavy atom. The van der Waals surface area contributed by atoms with E-state index in [9.17, 15) is 14.4 Å². The Morgan fingerprint density at radius 2 is 1.81 bits per heavy atom. The topological polar surface area (TPSA) is 115 Å². The summed E-state index contributed by atoms with van der Waals surface area (Å²) in [4.78, 5) is 48.4. The van der Waals surface area contributed by atoms with Gasteiger partial charge >= 0.3 is 5.97 Å². The number of Topliss-reactive ketones (excluding diaryl/α,β-unsaturated/α-hetero) is 1. The minimum absolute atomic E-state index is 0.120.